The Hall–Kier alpha value is -2.47. The van der Waals surface area contributed by atoms with Gasteiger partial charge in [-0.05, 0) is 37.6 Å². The number of benzene rings is 2. The zero-order valence-corrected chi connectivity index (χ0v) is 15.7. The van der Waals surface area contributed by atoms with Crippen molar-refractivity contribution < 1.29 is 19.4 Å². The number of hydrogen-bond acceptors (Lipinski definition) is 4. The molecule has 2 aromatic rings. The van der Waals surface area contributed by atoms with Gasteiger partial charge in [0, 0.05) is 18.5 Å². The summed E-state index contributed by atoms with van der Waals surface area (Å²) in [6.45, 7) is 2.69. The van der Waals surface area contributed by atoms with E-state index in [0.717, 1.165) is 5.75 Å². The van der Waals surface area contributed by atoms with Crippen LogP contribution in [0.3, 0.4) is 0 Å². The standard InChI is InChI=1S/C20H23NO4S/c1-15(20(23)24)26-18-12-7-6-11-17(18)19(22)21(2)13-8-14-25-16-9-4-3-5-10-16/h3-7,9-12,15H,8,13-14H2,1-2H3,(H,23,24). The summed E-state index contributed by atoms with van der Waals surface area (Å²) in [6.07, 6.45) is 0.706. The van der Waals surface area contributed by atoms with Crippen LogP contribution in [0.4, 0.5) is 0 Å². The molecule has 0 aromatic heterocycles. The van der Waals surface area contributed by atoms with E-state index in [1.54, 1.807) is 43.1 Å². The van der Waals surface area contributed by atoms with Gasteiger partial charge in [-0.1, -0.05) is 30.3 Å². The minimum Gasteiger partial charge on any atom is -0.494 e. The van der Waals surface area contributed by atoms with Gasteiger partial charge in [-0.2, -0.15) is 0 Å². The smallest absolute Gasteiger partial charge is 0.316 e. The molecule has 0 saturated heterocycles. The van der Waals surface area contributed by atoms with Crippen molar-refractivity contribution in [2.75, 3.05) is 20.2 Å². The molecular formula is C20H23NO4S. The van der Waals surface area contributed by atoms with Crippen molar-refractivity contribution in [1.82, 2.24) is 4.90 Å². The number of hydrogen-bond donors (Lipinski definition) is 1. The normalized spacial score (nSPS) is 11.6. The Kier molecular flexibility index (Phi) is 7.53. The van der Waals surface area contributed by atoms with Gasteiger partial charge in [0.15, 0.2) is 0 Å². The van der Waals surface area contributed by atoms with E-state index in [9.17, 15) is 9.59 Å². The summed E-state index contributed by atoms with van der Waals surface area (Å²) in [5.74, 6) is -0.208. The highest BCUT2D eigenvalue weighted by atomic mass is 32.2. The molecule has 1 unspecified atom stereocenters. The van der Waals surface area contributed by atoms with Gasteiger partial charge in [0.2, 0.25) is 0 Å². The van der Waals surface area contributed by atoms with Crippen LogP contribution in [0, 0.1) is 0 Å². The highest BCUT2D eigenvalue weighted by Gasteiger charge is 2.19. The van der Waals surface area contributed by atoms with Crippen molar-refractivity contribution in [3.8, 4) is 5.75 Å². The molecular weight excluding hydrogens is 350 g/mol. The molecule has 0 heterocycles. The third-order valence-electron chi connectivity index (χ3n) is 3.77. The summed E-state index contributed by atoms with van der Waals surface area (Å²) >= 11 is 1.18. The molecule has 0 radical (unpaired) electrons. The van der Waals surface area contributed by atoms with Gasteiger partial charge in [0.05, 0.1) is 12.2 Å². The Morgan fingerprint density at radius 1 is 1.12 bits per heavy atom. The molecule has 0 aliphatic rings. The number of carboxylic acid groups (broad SMARTS) is 1. The molecule has 2 aromatic carbocycles. The summed E-state index contributed by atoms with van der Waals surface area (Å²) in [5, 5.41) is 8.47. The number of nitrogens with zero attached hydrogens (tertiary/aromatic N) is 1. The number of carboxylic acids is 1. The van der Waals surface area contributed by atoms with Crippen molar-refractivity contribution >= 4 is 23.6 Å². The lowest BCUT2D eigenvalue weighted by atomic mass is 10.2. The highest BCUT2D eigenvalue weighted by Crippen LogP contribution is 2.27. The van der Waals surface area contributed by atoms with E-state index >= 15 is 0 Å². The van der Waals surface area contributed by atoms with Gasteiger partial charge < -0.3 is 14.7 Å². The van der Waals surface area contributed by atoms with Crippen LogP contribution in [-0.2, 0) is 4.79 Å². The number of rotatable bonds is 9. The summed E-state index contributed by atoms with van der Waals surface area (Å²) in [6, 6.07) is 16.7. The lowest BCUT2D eigenvalue weighted by Crippen LogP contribution is -2.29. The van der Waals surface area contributed by atoms with E-state index < -0.39 is 11.2 Å². The van der Waals surface area contributed by atoms with Crippen LogP contribution in [0.15, 0.2) is 59.5 Å². The number of para-hydroxylation sites is 1. The molecule has 2 rings (SSSR count). The maximum absolute atomic E-state index is 12.7. The molecule has 0 fully saturated rings. The monoisotopic (exact) mass is 373 g/mol. The molecule has 1 amide bonds. The third kappa shape index (κ3) is 5.81. The first-order valence-corrected chi connectivity index (χ1v) is 9.29. The van der Waals surface area contributed by atoms with Crippen LogP contribution >= 0.6 is 11.8 Å². The SMILES string of the molecule is CC(Sc1ccccc1C(=O)N(C)CCCOc1ccccc1)C(=O)O. The van der Waals surface area contributed by atoms with E-state index in [0.29, 0.717) is 30.0 Å². The number of ether oxygens (including phenoxy) is 1. The molecule has 0 aliphatic carbocycles. The quantitative estimate of drug-likeness (QED) is 0.535. The Bertz CT molecular complexity index is 736. The Morgan fingerprint density at radius 2 is 1.77 bits per heavy atom. The molecule has 0 saturated carbocycles. The van der Waals surface area contributed by atoms with E-state index in [-0.39, 0.29) is 5.91 Å². The summed E-state index contributed by atoms with van der Waals surface area (Å²) < 4.78 is 5.64. The first-order chi connectivity index (χ1) is 12.5. The first kappa shape index (κ1) is 19.8. The third-order valence-corrected chi connectivity index (χ3v) is 4.93. The Balaban J connectivity index is 1.90. The largest absolute Gasteiger partial charge is 0.494 e. The van der Waals surface area contributed by atoms with Gasteiger partial charge in [-0.25, -0.2) is 0 Å². The Labute approximate surface area is 158 Å². The van der Waals surface area contributed by atoms with Crippen LogP contribution < -0.4 is 4.74 Å². The fourth-order valence-electron chi connectivity index (χ4n) is 2.30. The van der Waals surface area contributed by atoms with E-state index in [1.807, 2.05) is 30.3 Å². The molecule has 0 bridgehead atoms. The molecule has 0 spiro atoms. The fraction of sp³-hybridized carbons (Fsp3) is 0.300. The number of aliphatic carboxylic acids is 1. The van der Waals surface area contributed by atoms with Crippen molar-refractivity contribution in [2.45, 2.75) is 23.5 Å². The summed E-state index contributed by atoms with van der Waals surface area (Å²) in [5.41, 5.74) is 0.525. The second-order valence-corrected chi connectivity index (χ2v) is 7.22. The van der Waals surface area contributed by atoms with Crippen LogP contribution in [0.2, 0.25) is 0 Å². The average Bonchev–Trinajstić information content (AvgIpc) is 2.65. The summed E-state index contributed by atoms with van der Waals surface area (Å²) in [4.78, 5) is 26.1. The summed E-state index contributed by atoms with van der Waals surface area (Å²) in [7, 11) is 1.74. The fourth-order valence-corrected chi connectivity index (χ4v) is 3.22. The van der Waals surface area contributed by atoms with Gasteiger partial charge >= 0.3 is 5.97 Å². The molecule has 5 nitrogen and oxygen atoms in total. The molecule has 1 atom stereocenters. The number of carbonyl (C=O) groups excluding carboxylic acids is 1. The maximum atomic E-state index is 12.7. The zero-order valence-electron chi connectivity index (χ0n) is 14.9. The predicted octanol–water partition coefficient (Wildman–Crippen LogP) is 3.79. The minimum atomic E-state index is -0.899. The van der Waals surface area contributed by atoms with Crippen LogP contribution in [-0.4, -0.2) is 47.3 Å². The Morgan fingerprint density at radius 3 is 2.46 bits per heavy atom. The molecule has 1 N–H and O–H groups in total. The molecule has 6 heteroatoms. The number of thioether (sulfide) groups is 1. The van der Waals surface area contributed by atoms with Gasteiger partial charge in [0.25, 0.3) is 5.91 Å². The van der Waals surface area contributed by atoms with Gasteiger partial charge in [-0.15, -0.1) is 11.8 Å². The molecule has 0 aliphatic heterocycles. The van der Waals surface area contributed by atoms with E-state index in [1.165, 1.54) is 11.8 Å². The van der Waals surface area contributed by atoms with Crippen molar-refractivity contribution in [2.24, 2.45) is 0 Å². The molecule has 138 valence electrons. The second kappa shape index (κ2) is 9.87. The second-order valence-electron chi connectivity index (χ2n) is 5.84. The van der Waals surface area contributed by atoms with E-state index in [2.05, 4.69) is 0 Å². The number of carbonyl (C=O) groups is 2. The van der Waals surface area contributed by atoms with Gasteiger partial charge in [0.1, 0.15) is 11.0 Å². The predicted molar refractivity (Wildman–Crippen MR) is 103 cm³/mol. The minimum absolute atomic E-state index is 0.120. The lowest BCUT2D eigenvalue weighted by molar-refractivity contribution is -0.136. The molecule has 26 heavy (non-hydrogen) atoms. The highest BCUT2D eigenvalue weighted by molar-refractivity contribution is 8.00. The van der Waals surface area contributed by atoms with E-state index in [4.69, 9.17) is 9.84 Å². The number of amides is 1. The van der Waals surface area contributed by atoms with Crippen molar-refractivity contribution in [3.05, 3.63) is 60.2 Å². The topological polar surface area (TPSA) is 66.8 Å². The zero-order chi connectivity index (χ0) is 18.9. The average molecular weight is 373 g/mol. The van der Waals surface area contributed by atoms with Gasteiger partial charge in [-0.3, -0.25) is 9.59 Å². The lowest BCUT2D eigenvalue weighted by Gasteiger charge is -2.19. The maximum Gasteiger partial charge on any atom is 0.316 e. The van der Waals surface area contributed by atoms with Crippen LogP contribution in [0.25, 0.3) is 0 Å². The van der Waals surface area contributed by atoms with Crippen LogP contribution in [0.1, 0.15) is 23.7 Å². The van der Waals surface area contributed by atoms with Crippen LogP contribution in [0.5, 0.6) is 5.75 Å². The van der Waals surface area contributed by atoms with Crippen molar-refractivity contribution in [3.63, 3.8) is 0 Å². The van der Waals surface area contributed by atoms with Crippen molar-refractivity contribution in [1.29, 1.82) is 0 Å². The first-order valence-electron chi connectivity index (χ1n) is 8.41.